The SMILES string of the molecule is C=C(/N=C1/CCCC/C1=C(/N)c1ccc(OC)cc1C)c1cc(C)cc(C)n1. The average Bonchev–Trinajstić information content (AvgIpc) is 2.67. The van der Waals surface area contributed by atoms with Gasteiger partial charge in [0.05, 0.1) is 18.5 Å². The molecule has 0 aliphatic heterocycles. The van der Waals surface area contributed by atoms with Crippen molar-refractivity contribution >= 4 is 17.1 Å². The van der Waals surface area contributed by atoms with Gasteiger partial charge in [-0.3, -0.25) is 9.98 Å². The summed E-state index contributed by atoms with van der Waals surface area (Å²) >= 11 is 0. The van der Waals surface area contributed by atoms with Crippen LogP contribution in [0.3, 0.4) is 0 Å². The Bertz CT molecular complexity index is 950. The number of methoxy groups -OCH3 is 1. The maximum absolute atomic E-state index is 6.63. The van der Waals surface area contributed by atoms with E-state index in [9.17, 15) is 0 Å². The quantitative estimate of drug-likeness (QED) is 0.781. The van der Waals surface area contributed by atoms with E-state index in [1.54, 1.807) is 7.11 Å². The van der Waals surface area contributed by atoms with E-state index in [4.69, 9.17) is 15.5 Å². The van der Waals surface area contributed by atoms with Crippen molar-refractivity contribution in [1.29, 1.82) is 0 Å². The van der Waals surface area contributed by atoms with Crippen molar-refractivity contribution in [3.8, 4) is 5.75 Å². The van der Waals surface area contributed by atoms with Gasteiger partial charge in [0.25, 0.3) is 0 Å². The summed E-state index contributed by atoms with van der Waals surface area (Å²) in [5, 5.41) is 0. The molecule has 0 saturated heterocycles. The molecule has 4 heteroatoms. The first-order chi connectivity index (χ1) is 13.4. The molecule has 2 N–H and O–H groups in total. The van der Waals surface area contributed by atoms with Gasteiger partial charge in [-0.1, -0.05) is 6.58 Å². The lowest BCUT2D eigenvalue weighted by Crippen LogP contribution is -2.15. The fourth-order valence-corrected chi connectivity index (χ4v) is 3.74. The van der Waals surface area contributed by atoms with Crippen molar-refractivity contribution in [3.05, 3.63) is 70.6 Å². The second kappa shape index (κ2) is 8.42. The van der Waals surface area contributed by atoms with Crippen molar-refractivity contribution in [3.63, 3.8) is 0 Å². The monoisotopic (exact) mass is 375 g/mol. The van der Waals surface area contributed by atoms with Crippen molar-refractivity contribution < 1.29 is 4.74 Å². The summed E-state index contributed by atoms with van der Waals surface area (Å²) in [4.78, 5) is 9.47. The van der Waals surface area contributed by atoms with Gasteiger partial charge >= 0.3 is 0 Å². The molecular formula is C24H29N3O. The van der Waals surface area contributed by atoms with E-state index in [1.807, 2.05) is 31.2 Å². The number of hydrogen-bond acceptors (Lipinski definition) is 4. The number of benzene rings is 1. The number of hydrogen-bond donors (Lipinski definition) is 1. The third-order valence-electron chi connectivity index (χ3n) is 5.15. The van der Waals surface area contributed by atoms with E-state index >= 15 is 0 Å². The maximum atomic E-state index is 6.63. The van der Waals surface area contributed by atoms with Gasteiger partial charge in [0.15, 0.2) is 0 Å². The van der Waals surface area contributed by atoms with Gasteiger partial charge in [0, 0.05) is 22.7 Å². The summed E-state index contributed by atoms with van der Waals surface area (Å²) < 4.78 is 5.32. The molecular weight excluding hydrogens is 346 g/mol. The van der Waals surface area contributed by atoms with Gasteiger partial charge < -0.3 is 10.5 Å². The van der Waals surface area contributed by atoms with Crippen LogP contribution >= 0.6 is 0 Å². The molecule has 1 aromatic heterocycles. The lowest BCUT2D eigenvalue weighted by molar-refractivity contribution is 0.414. The van der Waals surface area contributed by atoms with Gasteiger partial charge in [-0.05, 0) is 93.5 Å². The zero-order valence-electron chi connectivity index (χ0n) is 17.3. The van der Waals surface area contributed by atoms with Gasteiger partial charge in [0.2, 0.25) is 0 Å². The predicted octanol–water partition coefficient (Wildman–Crippen LogP) is 5.37. The molecule has 0 spiro atoms. The smallest absolute Gasteiger partial charge is 0.119 e. The number of aryl methyl sites for hydroxylation is 3. The minimum absolute atomic E-state index is 0.695. The molecule has 1 aliphatic carbocycles. The standard InChI is InChI=1S/C24H29N3O/c1-15-12-17(3)26-23(13-15)18(4)27-22-9-7-6-8-21(22)24(25)20-11-10-19(28-5)14-16(20)2/h10-14H,4,6-9,25H2,1-3,5H3/b24-21-,27-22-. The number of aliphatic imine (C=N–C) groups is 1. The molecule has 1 saturated carbocycles. The Hall–Kier alpha value is -2.88. The van der Waals surface area contributed by atoms with Crippen LogP contribution in [0.5, 0.6) is 5.75 Å². The molecule has 0 amide bonds. The normalized spacial score (nSPS) is 17.5. The highest BCUT2D eigenvalue weighted by Crippen LogP contribution is 2.30. The highest BCUT2D eigenvalue weighted by Gasteiger charge is 2.19. The van der Waals surface area contributed by atoms with E-state index in [0.717, 1.165) is 76.5 Å². The van der Waals surface area contributed by atoms with Crippen LogP contribution in [0, 0.1) is 20.8 Å². The fraction of sp³-hybridized carbons (Fsp3) is 0.333. The Labute approximate surface area is 167 Å². The number of ether oxygens (including phenoxy) is 1. The molecule has 1 fully saturated rings. The minimum Gasteiger partial charge on any atom is -0.497 e. The summed E-state index contributed by atoms with van der Waals surface area (Å²) in [6.07, 6.45) is 4.09. The molecule has 4 nitrogen and oxygen atoms in total. The molecule has 2 aromatic rings. The van der Waals surface area contributed by atoms with E-state index in [1.165, 1.54) is 0 Å². The van der Waals surface area contributed by atoms with Crippen LogP contribution in [0.15, 0.2) is 47.5 Å². The van der Waals surface area contributed by atoms with Crippen LogP contribution in [0.25, 0.3) is 11.4 Å². The molecule has 28 heavy (non-hydrogen) atoms. The Morgan fingerprint density at radius 2 is 1.86 bits per heavy atom. The molecule has 1 heterocycles. The summed E-state index contributed by atoms with van der Waals surface area (Å²) in [7, 11) is 1.68. The van der Waals surface area contributed by atoms with Gasteiger partial charge in [-0.15, -0.1) is 0 Å². The summed E-state index contributed by atoms with van der Waals surface area (Å²) in [6.45, 7) is 10.3. The third kappa shape index (κ3) is 4.33. The first kappa shape index (κ1) is 19.9. The Balaban J connectivity index is 2.00. The molecule has 0 atom stereocenters. The molecule has 0 bridgehead atoms. The summed E-state index contributed by atoms with van der Waals surface area (Å²) in [5.41, 5.74) is 15.4. The fourth-order valence-electron chi connectivity index (χ4n) is 3.74. The zero-order chi connectivity index (χ0) is 20.3. The number of aromatic nitrogens is 1. The Morgan fingerprint density at radius 3 is 2.54 bits per heavy atom. The summed E-state index contributed by atoms with van der Waals surface area (Å²) in [6, 6.07) is 10.1. The van der Waals surface area contributed by atoms with Crippen LogP contribution in [0.4, 0.5) is 0 Å². The first-order valence-electron chi connectivity index (χ1n) is 9.75. The van der Waals surface area contributed by atoms with Gasteiger partial charge in [0.1, 0.15) is 5.75 Å². The molecule has 1 aliphatic rings. The maximum Gasteiger partial charge on any atom is 0.119 e. The number of nitrogens with zero attached hydrogens (tertiary/aromatic N) is 2. The van der Waals surface area contributed by atoms with E-state index in [0.29, 0.717) is 5.70 Å². The van der Waals surface area contributed by atoms with Crippen molar-refractivity contribution in [2.24, 2.45) is 10.7 Å². The zero-order valence-corrected chi connectivity index (χ0v) is 17.3. The van der Waals surface area contributed by atoms with Gasteiger partial charge in [-0.25, -0.2) is 0 Å². The number of nitrogens with two attached hydrogens (primary N) is 1. The van der Waals surface area contributed by atoms with Crippen LogP contribution in [-0.4, -0.2) is 17.8 Å². The van der Waals surface area contributed by atoms with Crippen LogP contribution in [-0.2, 0) is 0 Å². The lowest BCUT2D eigenvalue weighted by Gasteiger charge is -2.21. The number of rotatable bonds is 4. The van der Waals surface area contributed by atoms with Crippen molar-refractivity contribution in [2.45, 2.75) is 46.5 Å². The second-order valence-corrected chi connectivity index (χ2v) is 7.46. The minimum atomic E-state index is 0.695. The molecule has 0 unspecified atom stereocenters. The molecule has 1 aromatic carbocycles. The Morgan fingerprint density at radius 1 is 1.11 bits per heavy atom. The van der Waals surface area contributed by atoms with E-state index < -0.39 is 0 Å². The lowest BCUT2D eigenvalue weighted by atomic mass is 9.88. The topological polar surface area (TPSA) is 60.5 Å². The highest BCUT2D eigenvalue weighted by molar-refractivity contribution is 6.08. The summed E-state index contributed by atoms with van der Waals surface area (Å²) in [5.74, 6) is 0.839. The molecule has 3 rings (SSSR count). The highest BCUT2D eigenvalue weighted by atomic mass is 16.5. The second-order valence-electron chi connectivity index (χ2n) is 7.46. The van der Waals surface area contributed by atoms with Gasteiger partial charge in [-0.2, -0.15) is 0 Å². The Kier molecular flexibility index (Phi) is 5.98. The molecule has 146 valence electrons. The molecule has 0 radical (unpaired) electrons. The van der Waals surface area contributed by atoms with Crippen molar-refractivity contribution in [2.75, 3.05) is 7.11 Å². The largest absolute Gasteiger partial charge is 0.497 e. The van der Waals surface area contributed by atoms with Crippen LogP contribution in [0.1, 0.15) is 53.8 Å². The number of allylic oxidation sites excluding steroid dienone is 1. The van der Waals surface area contributed by atoms with Crippen LogP contribution < -0.4 is 10.5 Å². The predicted molar refractivity (Wildman–Crippen MR) is 117 cm³/mol. The van der Waals surface area contributed by atoms with E-state index in [-0.39, 0.29) is 0 Å². The number of pyridine rings is 1. The first-order valence-corrected chi connectivity index (χ1v) is 9.75. The van der Waals surface area contributed by atoms with E-state index in [2.05, 4.69) is 31.5 Å². The third-order valence-corrected chi connectivity index (χ3v) is 5.15. The van der Waals surface area contributed by atoms with Crippen LogP contribution in [0.2, 0.25) is 0 Å². The average molecular weight is 376 g/mol. The van der Waals surface area contributed by atoms with Crippen molar-refractivity contribution in [1.82, 2.24) is 4.98 Å².